The summed E-state index contributed by atoms with van der Waals surface area (Å²) in [5, 5.41) is 0. The zero-order valence-corrected chi connectivity index (χ0v) is 12.2. The fraction of sp³-hybridized carbons (Fsp3) is 0.692. The van der Waals surface area contributed by atoms with Gasteiger partial charge in [-0.25, -0.2) is 4.79 Å². The number of aryl methyl sites for hydroxylation is 1. The van der Waals surface area contributed by atoms with Crippen LogP contribution in [0.15, 0.2) is 11.0 Å². The standard InChI is InChI=1S/C13H21N3O4/c1-5-8-9(18-3)10(19-4)12(20-8)16-6-7(2)11(14)15-13(16)17/h6,8-10,12H,5H2,1-4H3,(H2,14,15,17)/t8-,9?,10?,12-/m1/s1. The Morgan fingerprint density at radius 1 is 1.40 bits per heavy atom. The number of nitrogens with zero attached hydrogens (tertiary/aromatic N) is 2. The minimum absolute atomic E-state index is 0.125. The van der Waals surface area contributed by atoms with Crippen molar-refractivity contribution in [2.75, 3.05) is 20.0 Å². The highest BCUT2D eigenvalue weighted by molar-refractivity contribution is 5.35. The van der Waals surface area contributed by atoms with Crippen LogP contribution in [0, 0.1) is 6.92 Å². The fourth-order valence-electron chi connectivity index (χ4n) is 2.56. The summed E-state index contributed by atoms with van der Waals surface area (Å²) in [6.45, 7) is 3.79. The summed E-state index contributed by atoms with van der Waals surface area (Å²) >= 11 is 0. The van der Waals surface area contributed by atoms with Crippen LogP contribution in [0.25, 0.3) is 0 Å². The Bertz CT molecular complexity index is 531. The molecule has 112 valence electrons. The van der Waals surface area contributed by atoms with Gasteiger partial charge < -0.3 is 19.9 Å². The van der Waals surface area contributed by atoms with Crippen LogP contribution in [0.3, 0.4) is 0 Å². The molecule has 0 saturated carbocycles. The van der Waals surface area contributed by atoms with Crippen LogP contribution in [-0.4, -0.2) is 42.1 Å². The van der Waals surface area contributed by atoms with E-state index in [0.717, 1.165) is 12.0 Å². The Balaban J connectivity index is 2.41. The van der Waals surface area contributed by atoms with Crippen LogP contribution < -0.4 is 11.4 Å². The van der Waals surface area contributed by atoms with Crippen LogP contribution in [0.1, 0.15) is 25.1 Å². The molecule has 1 aromatic rings. The zero-order valence-electron chi connectivity index (χ0n) is 12.2. The molecular weight excluding hydrogens is 262 g/mol. The average molecular weight is 283 g/mol. The summed E-state index contributed by atoms with van der Waals surface area (Å²) in [4.78, 5) is 15.8. The van der Waals surface area contributed by atoms with Gasteiger partial charge in [-0.15, -0.1) is 0 Å². The number of nitrogen functional groups attached to an aromatic ring is 1. The maximum Gasteiger partial charge on any atom is 0.351 e. The van der Waals surface area contributed by atoms with E-state index in [-0.39, 0.29) is 24.1 Å². The van der Waals surface area contributed by atoms with Gasteiger partial charge in [0.25, 0.3) is 0 Å². The molecule has 1 aliphatic heterocycles. The van der Waals surface area contributed by atoms with E-state index in [1.807, 2.05) is 6.92 Å². The van der Waals surface area contributed by atoms with Gasteiger partial charge >= 0.3 is 5.69 Å². The number of anilines is 1. The lowest BCUT2D eigenvalue weighted by molar-refractivity contribution is -0.0559. The quantitative estimate of drug-likeness (QED) is 0.864. The molecule has 0 aliphatic carbocycles. The first-order chi connectivity index (χ1) is 9.53. The third-order valence-electron chi connectivity index (χ3n) is 3.68. The topological polar surface area (TPSA) is 88.6 Å². The third-order valence-corrected chi connectivity index (χ3v) is 3.68. The molecule has 2 rings (SSSR count). The second kappa shape index (κ2) is 5.90. The van der Waals surface area contributed by atoms with Gasteiger partial charge in [-0.2, -0.15) is 4.98 Å². The monoisotopic (exact) mass is 283 g/mol. The van der Waals surface area contributed by atoms with E-state index in [0.29, 0.717) is 0 Å². The fourth-order valence-corrected chi connectivity index (χ4v) is 2.56. The molecule has 2 heterocycles. The van der Waals surface area contributed by atoms with Crippen molar-refractivity contribution in [3.63, 3.8) is 0 Å². The predicted molar refractivity (Wildman–Crippen MR) is 73.4 cm³/mol. The van der Waals surface area contributed by atoms with Crippen LogP contribution in [-0.2, 0) is 14.2 Å². The summed E-state index contributed by atoms with van der Waals surface area (Å²) in [5.41, 5.74) is 5.91. The molecule has 1 saturated heterocycles. The van der Waals surface area contributed by atoms with Crippen molar-refractivity contribution in [1.29, 1.82) is 0 Å². The van der Waals surface area contributed by atoms with Gasteiger partial charge in [0, 0.05) is 26.0 Å². The second-order valence-corrected chi connectivity index (χ2v) is 4.87. The normalized spacial score (nSPS) is 29.8. The second-order valence-electron chi connectivity index (χ2n) is 4.87. The minimum atomic E-state index is -0.561. The van der Waals surface area contributed by atoms with E-state index in [2.05, 4.69) is 4.98 Å². The summed E-state index contributed by atoms with van der Waals surface area (Å²) < 4.78 is 18.3. The van der Waals surface area contributed by atoms with E-state index >= 15 is 0 Å². The van der Waals surface area contributed by atoms with Crippen LogP contribution in [0.5, 0.6) is 0 Å². The molecule has 0 amide bonds. The van der Waals surface area contributed by atoms with Gasteiger partial charge in [-0.1, -0.05) is 6.92 Å². The molecule has 2 N–H and O–H groups in total. The maximum atomic E-state index is 12.0. The van der Waals surface area contributed by atoms with E-state index in [1.54, 1.807) is 27.3 Å². The van der Waals surface area contributed by atoms with Gasteiger partial charge in [-0.05, 0) is 13.3 Å². The van der Waals surface area contributed by atoms with Crippen molar-refractivity contribution >= 4 is 5.82 Å². The van der Waals surface area contributed by atoms with Crippen molar-refractivity contribution in [3.8, 4) is 0 Å². The summed E-state index contributed by atoms with van der Waals surface area (Å²) in [6.07, 6.45) is 1.14. The molecule has 2 unspecified atom stereocenters. The Hall–Kier alpha value is -1.44. The van der Waals surface area contributed by atoms with Crippen LogP contribution in [0.2, 0.25) is 0 Å². The molecule has 0 spiro atoms. The SMILES string of the molecule is CC[C@H]1O[C@@H](n2cc(C)c(N)nc2=O)C(OC)C1OC. The minimum Gasteiger partial charge on any atom is -0.383 e. The first-order valence-electron chi connectivity index (χ1n) is 6.59. The molecule has 4 atom stereocenters. The molecular formula is C13H21N3O4. The Morgan fingerprint density at radius 2 is 2.05 bits per heavy atom. The summed E-state index contributed by atoms with van der Waals surface area (Å²) in [5.74, 6) is 0.230. The lowest BCUT2D eigenvalue weighted by Crippen LogP contribution is -2.38. The average Bonchev–Trinajstić information content (AvgIpc) is 2.80. The summed E-state index contributed by atoms with van der Waals surface area (Å²) in [6, 6.07) is 0. The molecule has 7 heteroatoms. The molecule has 1 fully saturated rings. The number of hydrogen-bond donors (Lipinski definition) is 1. The number of ether oxygens (including phenoxy) is 3. The smallest absolute Gasteiger partial charge is 0.351 e. The molecule has 1 aromatic heterocycles. The van der Waals surface area contributed by atoms with Gasteiger partial charge in [-0.3, -0.25) is 4.57 Å². The van der Waals surface area contributed by atoms with Crippen LogP contribution in [0.4, 0.5) is 5.82 Å². The number of hydrogen-bond acceptors (Lipinski definition) is 6. The lowest BCUT2D eigenvalue weighted by atomic mass is 10.1. The third kappa shape index (κ3) is 2.44. The van der Waals surface area contributed by atoms with Crippen molar-refractivity contribution in [2.45, 2.75) is 44.8 Å². The largest absolute Gasteiger partial charge is 0.383 e. The van der Waals surface area contributed by atoms with E-state index in [4.69, 9.17) is 19.9 Å². The predicted octanol–water partition coefficient (Wildman–Crippen LogP) is 0.471. The van der Waals surface area contributed by atoms with E-state index in [1.165, 1.54) is 4.57 Å². The highest BCUT2D eigenvalue weighted by atomic mass is 16.6. The first-order valence-corrected chi connectivity index (χ1v) is 6.59. The van der Waals surface area contributed by atoms with E-state index in [9.17, 15) is 4.79 Å². The molecule has 0 radical (unpaired) electrons. The van der Waals surface area contributed by atoms with Crippen molar-refractivity contribution in [3.05, 3.63) is 22.2 Å². The van der Waals surface area contributed by atoms with Crippen molar-refractivity contribution in [1.82, 2.24) is 9.55 Å². The summed E-state index contributed by atoms with van der Waals surface area (Å²) in [7, 11) is 3.19. The first kappa shape index (κ1) is 15.0. The highest BCUT2D eigenvalue weighted by Gasteiger charge is 2.45. The Morgan fingerprint density at radius 3 is 2.60 bits per heavy atom. The number of methoxy groups -OCH3 is 2. The highest BCUT2D eigenvalue weighted by Crippen LogP contribution is 2.33. The Kier molecular flexibility index (Phi) is 4.42. The molecule has 1 aliphatic rings. The van der Waals surface area contributed by atoms with Crippen LogP contribution >= 0.6 is 0 Å². The van der Waals surface area contributed by atoms with Gasteiger partial charge in [0.05, 0.1) is 6.10 Å². The molecule has 0 aromatic carbocycles. The number of rotatable bonds is 4. The number of nitrogens with two attached hydrogens (primary N) is 1. The Labute approximate surface area is 117 Å². The van der Waals surface area contributed by atoms with Crippen molar-refractivity contribution in [2.24, 2.45) is 0 Å². The van der Waals surface area contributed by atoms with E-state index < -0.39 is 11.9 Å². The van der Waals surface area contributed by atoms with Gasteiger partial charge in [0.15, 0.2) is 6.23 Å². The van der Waals surface area contributed by atoms with Crippen molar-refractivity contribution < 1.29 is 14.2 Å². The van der Waals surface area contributed by atoms with Gasteiger partial charge in [0.1, 0.15) is 18.0 Å². The molecule has 0 bridgehead atoms. The molecule has 20 heavy (non-hydrogen) atoms. The van der Waals surface area contributed by atoms with Gasteiger partial charge in [0.2, 0.25) is 0 Å². The molecule has 7 nitrogen and oxygen atoms in total. The number of aromatic nitrogens is 2. The lowest BCUT2D eigenvalue weighted by Gasteiger charge is -2.22. The maximum absolute atomic E-state index is 12.0. The zero-order chi connectivity index (χ0) is 14.9.